The van der Waals surface area contributed by atoms with Crippen LogP contribution in [0.15, 0.2) is 11.4 Å². The van der Waals surface area contributed by atoms with Crippen molar-refractivity contribution in [3.8, 4) is 0 Å². The Morgan fingerprint density at radius 3 is 2.94 bits per heavy atom. The van der Waals surface area contributed by atoms with Gasteiger partial charge in [0, 0.05) is 17.9 Å². The van der Waals surface area contributed by atoms with Gasteiger partial charge in [-0.2, -0.15) is 0 Å². The highest BCUT2D eigenvalue weighted by Gasteiger charge is 2.26. The predicted octanol–water partition coefficient (Wildman–Crippen LogP) is 2.98. The van der Waals surface area contributed by atoms with E-state index in [9.17, 15) is 4.79 Å². The summed E-state index contributed by atoms with van der Waals surface area (Å²) in [5.74, 6) is 0.155. The fourth-order valence-electron chi connectivity index (χ4n) is 2.28. The number of carboxylic acids is 1. The van der Waals surface area contributed by atoms with Crippen LogP contribution in [0.5, 0.6) is 0 Å². The summed E-state index contributed by atoms with van der Waals surface area (Å²) in [6, 6.07) is 0.422. The molecule has 1 atom stereocenters. The SMILES string of the molecule is CCc1cnc(SCC(=O)O)n1C(C)CC1CC1. The van der Waals surface area contributed by atoms with E-state index in [2.05, 4.69) is 23.4 Å². The molecule has 4 nitrogen and oxygen atoms in total. The summed E-state index contributed by atoms with van der Waals surface area (Å²) >= 11 is 1.32. The molecule has 1 unspecified atom stereocenters. The number of rotatable bonds is 7. The predicted molar refractivity (Wildman–Crippen MR) is 72.0 cm³/mol. The van der Waals surface area contributed by atoms with Crippen LogP contribution in [0.3, 0.4) is 0 Å². The zero-order chi connectivity index (χ0) is 13.1. The minimum atomic E-state index is -0.789. The van der Waals surface area contributed by atoms with Crippen LogP contribution >= 0.6 is 11.8 Å². The highest BCUT2D eigenvalue weighted by Crippen LogP contribution is 2.38. The molecule has 0 spiro atoms. The van der Waals surface area contributed by atoms with Crippen LogP contribution in [0.4, 0.5) is 0 Å². The first kappa shape index (κ1) is 13.5. The van der Waals surface area contributed by atoms with Gasteiger partial charge in [-0.3, -0.25) is 4.79 Å². The van der Waals surface area contributed by atoms with Crippen molar-refractivity contribution in [1.82, 2.24) is 9.55 Å². The van der Waals surface area contributed by atoms with Gasteiger partial charge in [-0.05, 0) is 25.7 Å². The van der Waals surface area contributed by atoms with Gasteiger partial charge < -0.3 is 9.67 Å². The summed E-state index contributed by atoms with van der Waals surface area (Å²) in [5, 5.41) is 9.62. The van der Waals surface area contributed by atoms with Crippen LogP contribution in [0, 0.1) is 5.92 Å². The first-order chi connectivity index (χ1) is 8.61. The maximum Gasteiger partial charge on any atom is 0.313 e. The maximum absolute atomic E-state index is 10.7. The van der Waals surface area contributed by atoms with Gasteiger partial charge in [0.15, 0.2) is 5.16 Å². The Kier molecular flexibility index (Phi) is 4.32. The topological polar surface area (TPSA) is 55.1 Å². The summed E-state index contributed by atoms with van der Waals surface area (Å²) in [5.41, 5.74) is 1.20. The van der Waals surface area contributed by atoms with Crippen molar-refractivity contribution in [2.24, 2.45) is 5.92 Å². The molecule has 0 amide bonds. The summed E-state index contributed by atoms with van der Waals surface area (Å²) in [6.45, 7) is 4.33. The molecule has 1 fully saturated rings. The van der Waals surface area contributed by atoms with E-state index in [4.69, 9.17) is 5.11 Å². The number of hydrogen-bond donors (Lipinski definition) is 1. The van der Waals surface area contributed by atoms with Crippen molar-refractivity contribution < 1.29 is 9.90 Å². The highest BCUT2D eigenvalue weighted by molar-refractivity contribution is 7.99. The molecule has 0 bridgehead atoms. The molecule has 0 aliphatic heterocycles. The first-order valence-corrected chi connectivity index (χ1v) is 7.51. The molecule has 1 N–H and O–H groups in total. The molecule has 1 saturated carbocycles. The smallest absolute Gasteiger partial charge is 0.313 e. The summed E-state index contributed by atoms with van der Waals surface area (Å²) in [7, 11) is 0. The average Bonchev–Trinajstić information content (AvgIpc) is 3.03. The number of aromatic nitrogens is 2. The summed E-state index contributed by atoms with van der Waals surface area (Å²) in [6.07, 6.45) is 6.70. The van der Waals surface area contributed by atoms with E-state index in [0.29, 0.717) is 6.04 Å². The Bertz CT molecular complexity index is 427. The largest absolute Gasteiger partial charge is 0.481 e. The summed E-state index contributed by atoms with van der Waals surface area (Å²) in [4.78, 5) is 15.0. The second-order valence-corrected chi connectivity index (χ2v) is 5.91. The third-order valence-electron chi connectivity index (χ3n) is 3.34. The molecule has 0 saturated heterocycles. The number of carbonyl (C=O) groups is 1. The number of thioether (sulfide) groups is 1. The van der Waals surface area contributed by atoms with E-state index in [1.54, 1.807) is 0 Å². The molecule has 0 radical (unpaired) electrons. The molecule has 2 rings (SSSR count). The van der Waals surface area contributed by atoms with Crippen LogP contribution in [0.1, 0.15) is 44.8 Å². The number of aryl methyl sites for hydroxylation is 1. The zero-order valence-corrected chi connectivity index (χ0v) is 11.7. The molecule has 1 aliphatic carbocycles. The van der Waals surface area contributed by atoms with Gasteiger partial charge in [0.1, 0.15) is 0 Å². The quantitative estimate of drug-likeness (QED) is 0.772. The third-order valence-corrected chi connectivity index (χ3v) is 4.29. The molecular formula is C13H20N2O2S. The van der Waals surface area contributed by atoms with Crippen molar-refractivity contribution >= 4 is 17.7 Å². The van der Waals surface area contributed by atoms with E-state index < -0.39 is 5.97 Å². The molecule has 1 aliphatic rings. The van der Waals surface area contributed by atoms with Crippen molar-refractivity contribution in [2.75, 3.05) is 5.75 Å². The van der Waals surface area contributed by atoms with Gasteiger partial charge in [-0.25, -0.2) is 4.98 Å². The first-order valence-electron chi connectivity index (χ1n) is 6.52. The number of hydrogen-bond acceptors (Lipinski definition) is 3. The lowest BCUT2D eigenvalue weighted by Gasteiger charge is -2.18. The van der Waals surface area contributed by atoms with Gasteiger partial charge in [-0.15, -0.1) is 0 Å². The van der Waals surface area contributed by atoms with Crippen LogP contribution in [-0.4, -0.2) is 26.4 Å². The monoisotopic (exact) mass is 268 g/mol. The van der Waals surface area contributed by atoms with E-state index in [1.807, 2.05) is 6.20 Å². The van der Waals surface area contributed by atoms with Crippen molar-refractivity contribution in [3.63, 3.8) is 0 Å². The minimum absolute atomic E-state index is 0.0797. The molecule has 0 aromatic carbocycles. The minimum Gasteiger partial charge on any atom is -0.481 e. The Hall–Kier alpha value is -0.970. The van der Waals surface area contributed by atoms with Crippen LogP contribution in [-0.2, 0) is 11.2 Å². The Balaban J connectivity index is 2.12. The Labute approximate surface area is 112 Å². The molecule has 1 aromatic rings. The van der Waals surface area contributed by atoms with Gasteiger partial charge >= 0.3 is 5.97 Å². The van der Waals surface area contributed by atoms with E-state index in [-0.39, 0.29) is 5.75 Å². The summed E-state index contributed by atoms with van der Waals surface area (Å²) < 4.78 is 2.23. The third kappa shape index (κ3) is 3.28. The van der Waals surface area contributed by atoms with Gasteiger partial charge in [-0.1, -0.05) is 31.5 Å². The Morgan fingerprint density at radius 2 is 2.39 bits per heavy atom. The average molecular weight is 268 g/mol. The lowest BCUT2D eigenvalue weighted by atomic mass is 10.1. The molecule has 5 heteroatoms. The number of nitrogens with zero attached hydrogens (tertiary/aromatic N) is 2. The normalized spacial score (nSPS) is 16.8. The maximum atomic E-state index is 10.7. The van der Waals surface area contributed by atoms with Crippen molar-refractivity contribution in [2.45, 2.75) is 50.7 Å². The van der Waals surface area contributed by atoms with E-state index in [0.717, 1.165) is 17.5 Å². The zero-order valence-electron chi connectivity index (χ0n) is 10.9. The lowest BCUT2D eigenvalue weighted by Crippen LogP contribution is -2.11. The standard InChI is InChI=1S/C13H20N2O2S/c1-3-11-7-14-13(18-8-12(16)17)15(11)9(2)6-10-4-5-10/h7,9-10H,3-6,8H2,1-2H3,(H,16,17). The molecule has 100 valence electrons. The van der Waals surface area contributed by atoms with Crippen LogP contribution < -0.4 is 0 Å². The number of carboxylic acid groups (broad SMARTS) is 1. The highest BCUT2D eigenvalue weighted by atomic mass is 32.2. The van der Waals surface area contributed by atoms with Crippen molar-refractivity contribution in [3.05, 3.63) is 11.9 Å². The second kappa shape index (κ2) is 5.78. The molecular weight excluding hydrogens is 248 g/mol. The van der Waals surface area contributed by atoms with Crippen LogP contribution in [0.25, 0.3) is 0 Å². The number of aliphatic carboxylic acids is 1. The fourth-order valence-corrected chi connectivity index (χ4v) is 3.10. The molecule has 1 heterocycles. The second-order valence-electron chi connectivity index (χ2n) is 4.97. The molecule has 1 aromatic heterocycles. The Morgan fingerprint density at radius 1 is 1.67 bits per heavy atom. The van der Waals surface area contributed by atoms with Gasteiger partial charge in [0.25, 0.3) is 0 Å². The lowest BCUT2D eigenvalue weighted by molar-refractivity contribution is -0.133. The number of imidazole rings is 1. The van der Waals surface area contributed by atoms with E-state index >= 15 is 0 Å². The van der Waals surface area contributed by atoms with Gasteiger partial charge in [0.2, 0.25) is 0 Å². The molecule has 18 heavy (non-hydrogen) atoms. The van der Waals surface area contributed by atoms with Crippen molar-refractivity contribution in [1.29, 1.82) is 0 Å². The van der Waals surface area contributed by atoms with E-state index in [1.165, 1.54) is 36.7 Å². The van der Waals surface area contributed by atoms with Gasteiger partial charge in [0.05, 0.1) is 5.75 Å². The van der Waals surface area contributed by atoms with Crippen LogP contribution in [0.2, 0.25) is 0 Å². The fraction of sp³-hybridized carbons (Fsp3) is 0.692.